The summed E-state index contributed by atoms with van der Waals surface area (Å²) in [6.07, 6.45) is 4.30. The number of thiazole rings is 1. The molecular weight excluding hydrogens is 400 g/mol. The minimum Gasteiger partial charge on any atom is -0.487 e. The second-order valence-corrected chi connectivity index (χ2v) is 7.53. The van der Waals surface area contributed by atoms with Crippen molar-refractivity contribution in [2.45, 2.75) is 13.5 Å². The van der Waals surface area contributed by atoms with E-state index in [1.807, 2.05) is 36.6 Å². The van der Waals surface area contributed by atoms with Crippen LogP contribution in [0.3, 0.4) is 0 Å². The SMILES string of the molecule is Cc1nc(COc2cccc(/C=C/C(=O)Nn3cnc4ccccc4c3=O)c2)cs1. The molecular formula is C22H18N4O3S. The van der Waals surface area contributed by atoms with E-state index >= 15 is 0 Å². The summed E-state index contributed by atoms with van der Waals surface area (Å²) in [5.74, 6) is 0.233. The van der Waals surface area contributed by atoms with Crippen LogP contribution < -0.4 is 15.7 Å². The Morgan fingerprint density at radius 2 is 2.10 bits per heavy atom. The van der Waals surface area contributed by atoms with E-state index in [9.17, 15) is 9.59 Å². The molecule has 150 valence electrons. The van der Waals surface area contributed by atoms with Crippen LogP contribution >= 0.6 is 11.3 Å². The number of hydrogen-bond acceptors (Lipinski definition) is 6. The van der Waals surface area contributed by atoms with E-state index < -0.39 is 5.91 Å². The zero-order valence-corrected chi connectivity index (χ0v) is 16.9. The molecule has 0 aliphatic heterocycles. The van der Waals surface area contributed by atoms with E-state index in [4.69, 9.17) is 4.74 Å². The van der Waals surface area contributed by atoms with Crippen molar-refractivity contribution in [3.63, 3.8) is 0 Å². The standard InChI is InChI=1S/C22H18N4O3S/c1-15-24-17(13-30-15)12-29-18-6-4-5-16(11-18)9-10-21(27)25-26-14-23-20-8-3-2-7-19(20)22(26)28/h2-11,13-14H,12H2,1H3,(H,25,27)/b10-9+. The largest absolute Gasteiger partial charge is 0.487 e. The minimum atomic E-state index is -0.446. The lowest BCUT2D eigenvalue weighted by Gasteiger charge is -2.07. The van der Waals surface area contributed by atoms with E-state index in [0.717, 1.165) is 20.9 Å². The molecule has 1 amide bonds. The highest BCUT2D eigenvalue weighted by Crippen LogP contribution is 2.17. The molecule has 2 heterocycles. The number of benzene rings is 2. The van der Waals surface area contributed by atoms with Gasteiger partial charge in [0.25, 0.3) is 11.5 Å². The van der Waals surface area contributed by atoms with Gasteiger partial charge in [-0.25, -0.2) is 14.6 Å². The fourth-order valence-electron chi connectivity index (χ4n) is 2.82. The number of ether oxygens (including phenoxy) is 1. The maximum atomic E-state index is 12.4. The predicted octanol–water partition coefficient (Wildman–Crippen LogP) is 3.52. The number of aromatic nitrogens is 3. The summed E-state index contributed by atoms with van der Waals surface area (Å²) >= 11 is 1.58. The fourth-order valence-corrected chi connectivity index (χ4v) is 3.41. The van der Waals surface area contributed by atoms with Crippen LogP contribution in [0.1, 0.15) is 16.3 Å². The van der Waals surface area contributed by atoms with Gasteiger partial charge in [0.2, 0.25) is 0 Å². The number of aryl methyl sites for hydroxylation is 1. The lowest BCUT2D eigenvalue weighted by Crippen LogP contribution is -2.32. The quantitative estimate of drug-likeness (QED) is 0.484. The zero-order valence-electron chi connectivity index (χ0n) is 16.1. The Hall–Kier alpha value is -3.78. The first-order chi connectivity index (χ1) is 14.6. The molecule has 2 aromatic carbocycles. The first-order valence-corrected chi connectivity index (χ1v) is 10.1. The maximum Gasteiger partial charge on any atom is 0.280 e. The number of carbonyl (C=O) groups is 1. The van der Waals surface area contributed by atoms with Crippen molar-refractivity contribution in [1.29, 1.82) is 0 Å². The van der Waals surface area contributed by atoms with Gasteiger partial charge in [0.15, 0.2) is 0 Å². The summed E-state index contributed by atoms with van der Waals surface area (Å²) in [4.78, 5) is 33.2. The molecule has 2 aromatic heterocycles. The van der Waals surface area contributed by atoms with Gasteiger partial charge < -0.3 is 4.74 Å². The molecule has 0 aliphatic rings. The second-order valence-electron chi connectivity index (χ2n) is 6.47. The van der Waals surface area contributed by atoms with Crippen LogP contribution in [0.25, 0.3) is 17.0 Å². The fraction of sp³-hybridized carbons (Fsp3) is 0.0909. The van der Waals surface area contributed by atoms with Crippen molar-refractivity contribution < 1.29 is 9.53 Å². The highest BCUT2D eigenvalue weighted by Gasteiger charge is 2.05. The van der Waals surface area contributed by atoms with Gasteiger partial charge in [0, 0.05) is 11.5 Å². The predicted molar refractivity (Wildman–Crippen MR) is 117 cm³/mol. The van der Waals surface area contributed by atoms with Gasteiger partial charge in [-0.3, -0.25) is 15.0 Å². The normalized spacial score (nSPS) is 11.1. The van der Waals surface area contributed by atoms with Gasteiger partial charge >= 0.3 is 0 Å². The number of nitrogens with one attached hydrogen (secondary N) is 1. The van der Waals surface area contributed by atoms with Crippen molar-refractivity contribution >= 4 is 34.2 Å². The van der Waals surface area contributed by atoms with Crippen LogP contribution in [0.4, 0.5) is 0 Å². The third kappa shape index (κ3) is 4.61. The molecule has 4 aromatic rings. The Morgan fingerprint density at radius 1 is 1.23 bits per heavy atom. The number of amides is 1. The van der Waals surface area contributed by atoms with Gasteiger partial charge in [-0.2, -0.15) is 0 Å². The number of fused-ring (bicyclic) bond motifs is 1. The summed E-state index contributed by atoms with van der Waals surface area (Å²) in [7, 11) is 0. The van der Waals surface area contributed by atoms with Gasteiger partial charge in [0.1, 0.15) is 18.7 Å². The highest BCUT2D eigenvalue weighted by molar-refractivity contribution is 7.09. The molecule has 0 saturated carbocycles. The van der Waals surface area contributed by atoms with Crippen molar-refractivity contribution in [2.75, 3.05) is 5.43 Å². The summed E-state index contributed by atoms with van der Waals surface area (Å²) in [5, 5.41) is 3.40. The number of nitrogens with zero attached hydrogens (tertiary/aromatic N) is 3. The van der Waals surface area contributed by atoms with E-state index in [1.165, 1.54) is 12.4 Å². The van der Waals surface area contributed by atoms with Crippen molar-refractivity contribution in [3.05, 3.63) is 92.9 Å². The Balaban J connectivity index is 1.41. The molecule has 0 spiro atoms. The topological polar surface area (TPSA) is 86.1 Å². The third-order valence-corrected chi connectivity index (χ3v) is 5.06. The van der Waals surface area contributed by atoms with E-state index in [-0.39, 0.29) is 5.56 Å². The van der Waals surface area contributed by atoms with Crippen LogP contribution in [-0.4, -0.2) is 20.6 Å². The van der Waals surface area contributed by atoms with E-state index in [2.05, 4.69) is 15.4 Å². The Morgan fingerprint density at radius 3 is 2.93 bits per heavy atom. The second kappa shape index (κ2) is 8.71. The summed E-state index contributed by atoms with van der Waals surface area (Å²) in [6.45, 7) is 2.34. The number of hydrogen-bond donors (Lipinski definition) is 1. The van der Waals surface area contributed by atoms with Crippen LogP contribution in [0.15, 0.2) is 71.1 Å². The van der Waals surface area contributed by atoms with Crippen LogP contribution in [0.2, 0.25) is 0 Å². The third-order valence-electron chi connectivity index (χ3n) is 4.23. The van der Waals surface area contributed by atoms with E-state index in [0.29, 0.717) is 23.3 Å². The molecule has 0 fully saturated rings. The molecule has 0 saturated heterocycles. The molecule has 0 atom stereocenters. The minimum absolute atomic E-state index is 0.338. The molecule has 0 radical (unpaired) electrons. The van der Waals surface area contributed by atoms with E-state index in [1.54, 1.807) is 41.7 Å². The van der Waals surface area contributed by atoms with Crippen molar-refractivity contribution in [2.24, 2.45) is 0 Å². The molecule has 30 heavy (non-hydrogen) atoms. The summed E-state index contributed by atoms with van der Waals surface area (Å²) in [6, 6.07) is 14.3. The van der Waals surface area contributed by atoms with Gasteiger partial charge in [-0.15, -0.1) is 11.3 Å². The first-order valence-electron chi connectivity index (χ1n) is 9.18. The lowest BCUT2D eigenvalue weighted by molar-refractivity contribution is -0.112. The van der Waals surface area contributed by atoms with Crippen LogP contribution in [-0.2, 0) is 11.4 Å². The Labute approximate surface area is 176 Å². The molecule has 7 nitrogen and oxygen atoms in total. The highest BCUT2D eigenvalue weighted by atomic mass is 32.1. The summed E-state index contributed by atoms with van der Waals surface area (Å²) in [5.41, 5.74) is 4.43. The first kappa shape index (κ1) is 19.5. The van der Waals surface area contributed by atoms with Crippen LogP contribution in [0, 0.1) is 6.92 Å². The maximum absolute atomic E-state index is 12.4. The van der Waals surface area contributed by atoms with Gasteiger partial charge in [-0.1, -0.05) is 24.3 Å². The number of rotatable bonds is 6. The molecule has 1 N–H and O–H groups in total. The summed E-state index contributed by atoms with van der Waals surface area (Å²) < 4.78 is 6.83. The molecule has 4 rings (SSSR count). The Kier molecular flexibility index (Phi) is 5.67. The molecule has 0 aliphatic carbocycles. The zero-order chi connectivity index (χ0) is 20.9. The monoisotopic (exact) mass is 418 g/mol. The van der Waals surface area contributed by atoms with Crippen molar-refractivity contribution in [3.8, 4) is 5.75 Å². The van der Waals surface area contributed by atoms with Crippen LogP contribution in [0.5, 0.6) is 5.75 Å². The van der Waals surface area contributed by atoms with Gasteiger partial charge in [0.05, 0.1) is 21.6 Å². The number of carbonyl (C=O) groups excluding carboxylic acids is 1. The Bertz CT molecular complexity index is 1290. The van der Waals surface area contributed by atoms with Crippen molar-refractivity contribution in [1.82, 2.24) is 14.6 Å². The molecule has 8 heteroatoms. The molecule has 0 unspecified atom stereocenters. The lowest BCUT2D eigenvalue weighted by atomic mass is 10.2. The average Bonchev–Trinajstić information content (AvgIpc) is 3.18. The average molecular weight is 418 g/mol. The smallest absolute Gasteiger partial charge is 0.280 e. The van der Waals surface area contributed by atoms with Gasteiger partial charge in [-0.05, 0) is 42.8 Å². The number of para-hydroxylation sites is 1. The molecule has 0 bridgehead atoms.